The molecule has 0 saturated heterocycles. The summed E-state index contributed by atoms with van der Waals surface area (Å²) >= 11 is 0. The quantitative estimate of drug-likeness (QED) is 0.608. The first-order valence-corrected chi connectivity index (χ1v) is 8.67. The van der Waals surface area contributed by atoms with Crippen molar-refractivity contribution in [1.82, 2.24) is 4.90 Å². The molecule has 0 N–H and O–H groups in total. The topological polar surface area (TPSA) is 63.7 Å². The Morgan fingerprint density at radius 2 is 1.69 bits per heavy atom. The van der Waals surface area contributed by atoms with Crippen LogP contribution < -0.4 is 0 Å². The van der Waals surface area contributed by atoms with Crippen LogP contribution in [0.3, 0.4) is 0 Å². The van der Waals surface area contributed by atoms with Crippen LogP contribution in [0.5, 0.6) is 0 Å². The average molecular weight is 351 g/mol. The predicted octanol–water partition coefficient (Wildman–Crippen LogP) is 3.75. The van der Waals surface area contributed by atoms with Gasteiger partial charge in [0.05, 0.1) is 16.7 Å². The van der Waals surface area contributed by atoms with Gasteiger partial charge in [-0.15, -0.1) is 0 Å². The molecule has 2 aromatic rings. The van der Waals surface area contributed by atoms with Crippen molar-refractivity contribution in [3.63, 3.8) is 0 Å². The zero-order chi connectivity index (χ0) is 18.8. The maximum atomic E-state index is 12.5. The summed E-state index contributed by atoms with van der Waals surface area (Å²) in [6, 6.07) is 12.0. The van der Waals surface area contributed by atoms with Crippen LogP contribution in [0.15, 0.2) is 42.5 Å². The molecule has 134 valence electrons. The zero-order valence-corrected chi connectivity index (χ0v) is 15.1. The van der Waals surface area contributed by atoms with Crippen molar-refractivity contribution in [2.75, 3.05) is 0 Å². The van der Waals surface area contributed by atoms with Gasteiger partial charge in [-0.2, -0.15) is 0 Å². The van der Waals surface area contributed by atoms with Crippen molar-refractivity contribution in [2.45, 2.75) is 39.8 Å². The summed E-state index contributed by atoms with van der Waals surface area (Å²) in [6.45, 7) is 5.89. The van der Waals surface area contributed by atoms with Gasteiger partial charge in [-0.1, -0.05) is 36.8 Å². The molecule has 26 heavy (non-hydrogen) atoms. The molecule has 1 aliphatic heterocycles. The molecule has 2 amide bonds. The zero-order valence-electron chi connectivity index (χ0n) is 15.1. The van der Waals surface area contributed by atoms with Crippen LogP contribution in [-0.2, 0) is 11.3 Å². The third-order valence-electron chi connectivity index (χ3n) is 4.68. The maximum Gasteiger partial charge on any atom is 0.338 e. The number of imide groups is 1. The molecule has 5 nitrogen and oxygen atoms in total. The lowest BCUT2D eigenvalue weighted by atomic mass is 10.1. The van der Waals surface area contributed by atoms with Gasteiger partial charge < -0.3 is 4.74 Å². The Morgan fingerprint density at radius 1 is 1.04 bits per heavy atom. The third-order valence-corrected chi connectivity index (χ3v) is 4.68. The number of carbonyl (C=O) groups is 3. The second kappa shape index (κ2) is 7.12. The lowest BCUT2D eigenvalue weighted by Gasteiger charge is -2.20. The Bertz CT molecular complexity index is 870. The molecule has 5 heteroatoms. The van der Waals surface area contributed by atoms with Gasteiger partial charge in [-0.25, -0.2) is 4.79 Å². The summed E-state index contributed by atoms with van der Waals surface area (Å²) in [7, 11) is 0. The highest BCUT2D eigenvalue weighted by atomic mass is 16.5. The number of esters is 1. The molecule has 1 aliphatic rings. The first-order valence-electron chi connectivity index (χ1n) is 8.67. The SMILES string of the molecule is CC[C@H](C)N1C(=O)c2ccc(C(=O)OCc3ccc(C)cc3)cc2C1=O. The van der Waals surface area contributed by atoms with Gasteiger partial charge in [0.2, 0.25) is 0 Å². The third kappa shape index (κ3) is 3.25. The number of nitrogens with zero attached hydrogens (tertiary/aromatic N) is 1. The van der Waals surface area contributed by atoms with Crippen LogP contribution >= 0.6 is 0 Å². The highest BCUT2D eigenvalue weighted by molar-refractivity contribution is 6.22. The molecule has 2 aromatic carbocycles. The van der Waals surface area contributed by atoms with Crippen molar-refractivity contribution in [3.05, 3.63) is 70.3 Å². The summed E-state index contributed by atoms with van der Waals surface area (Å²) in [5.41, 5.74) is 2.89. The lowest BCUT2D eigenvalue weighted by Crippen LogP contribution is -2.37. The molecule has 0 spiro atoms. The van der Waals surface area contributed by atoms with Gasteiger partial charge in [0, 0.05) is 6.04 Å². The van der Waals surface area contributed by atoms with E-state index in [0.29, 0.717) is 12.0 Å². The molecule has 1 heterocycles. The van der Waals surface area contributed by atoms with E-state index in [4.69, 9.17) is 4.74 Å². The number of benzene rings is 2. The monoisotopic (exact) mass is 351 g/mol. The van der Waals surface area contributed by atoms with Crippen molar-refractivity contribution < 1.29 is 19.1 Å². The number of hydrogen-bond acceptors (Lipinski definition) is 4. The standard InChI is InChI=1S/C21H21NO4/c1-4-14(3)22-19(23)17-10-9-16(11-18(17)20(22)24)21(25)26-12-15-7-5-13(2)6-8-15/h5-11,14H,4,12H2,1-3H3/t14-/m0/s1. The first-order chi connectivity index (χ1) is 12.4. The van der Waals surface area contributed by atoms with Crippen LogP contribution in [0.4, 0.5) is 0 Å². The molecule has 1 atom stereocenters. The van der Waals surface area contributed by atoms with E-state index in [1.807, 2.05) is 45.0 Å². The largest absolute Gasteiger partial charge is 0.457 e. The molecular weight excluding hydrogens is 330 g/mol. The Balaban J connectivity index is 1.76. The van der Waals surface area contributed by atoms with Crippen LogP contribution in [0, 0.1) is 6.92 Å². The van der Waals surface area contributed by atoms with E-state index in [2.05, 4.69) is 0 Å². The first kappa shape index (κ1) is 17.9. The van der Waals surface area contributed by atoms with Crippen LogP contribution in [-0.4, -0.2) is 28.7 Å². The van der Waals surface area contributed by atoms with Gasteiger partial charge in [-0.3, -0.25) is 14.5 Å². The second-order valence-corrected chi connectivity index (χ2v) is 6.56. The van der Waals surface area contributed by atoms with E-state index in [-0.39, 0.29) is 35.6 Å². The summed E-state index contributed by atoms with van der Waals surface area (Å²) < 4.78 is 5.32. The fraction of sp³-hybridized carbons (Fsp3) is 0.286. The predicted molar refractivity (Wildman–Crippen MR) is 97.0 cm³/mol. The van der Waals surface area contributed by atoms with Gasteiger partial charge in [0.25, 0.3) is 11.8 Å². The van der Waals surface area contributed by atoms with Crippen molar-refractivity contribution >= 4 is 17.8 Å². The van der Waals surface area contributed by atoms with E-state index in [1.54, 1.807) is 0 Å². The fourth-order valence-corrected chi connectivity index (χ4v) is 2.89. The number of rotatable bonds is 5. The molecule has 0 aliphatic carbocycles. The van der Waals surface area contributed by atoms with E-state index < -0.39 is 5.97 Å². The lowest BCUT2D eigenvalue weighted by molar-refractivity contribution is 0.0472. The van der Waals surface area contributed by atoms with Crippen LogP contribution in [0.2, 0.25) is 0 Å². The number of carbonyl (C=O) groups excluding carboxylic acids is 3. The molecule has 0 bridgehead atoms. The van der Waals surface area contributed by atoms with Gasteiger partial charge >= 0.3 is 5.97 Å². The van der Waals surface area contributed by atoms with Gasteiger partial charge in [0.1, 0.15) is 6.61 Å². The normalized spacial score (nSPS) is 14.3. The van der Waals surface area contributed by atoms with Crippen LogP contribution in [0.1, 0.15) is 62.5 Å². The van der Waals surface area contributed by atoms with E-state index >= 15 is 0 Å². The smallest absolute Gasteiger partial charge is 0.338 e. The summed E-state index contributed by atoms with van der Waals surface area (Å²) in [4.78, 5) is 38.5. The number of amides is 2. The van der Waals surface area contributed by atoms with E-state index in [1.165, 1.54) is 23.1 Å². The fourth-order valence-electron chi connectivity index (χ4n) is 2.89. The Hall–Kier alpha value is -2.95. The Labute approximate surface area is 152 Å². The summed E-state index contributed by atoms with van der Waals surface area (Å²) in [5.74, 6) is -1.18. The van der Waals surface area contributed by atoms with Gasteiger partial charge in [0.15, 0.2) is 0 Å². The Kier molecular flexibility index (Phi) is 4.89. The second-order valence-electron chi connectivity index (χ2n) is 6.56. The van der Waals surface area contributed by atoms with E-state index in [9.17, 15) is 14.4 Å². The summed E-state index contributed by atoms with van der Waals surface area (Å²) in [6.07, 6.45) is 0.677. The average Bonchev–Trinajstić information content (AvgIpc) is 2.90. The minimum atomic E-state index is -0.518. The highest BCUT2D eigenvalue weighted by Crippen LogP contribution is 2.27. The van der Waals surface area contributed by atoms with Crippen LogP contribution in [0.25, 0.3) is 0 Å². The highest BCUT2D eigenvalue weighted by Gasteiger charge is 2.38. The minimum Gasteiger partial charge on any atom is -0.457 e. The maximum absolute atomic E-state index is 12.5. The molecule has 0 radical (unpaired) electrons. The molecule has 3 rings (SSSR count). The molecule has 0 saturated carbocycles. The molecular formula is C21H21NO4. The van der Waals surface area contributed by atoms with Gasteiger partial charge in [-0.05, 0) is 44.0 Å². The molecule has 0 aromatic heterocycles. The number of aryl methyl sites for hydroxylation is 1. The van der Waals surface area contributed by atoms with Crippen molar-refractivity contribution in [3.8, 4) is 0 Å². The molecule has 0 unspecified atom stereocenters. The number of fused-ring (bicyclic) bond motifs is 1. The number of hydrogen-bond donors (Lipinski definition) is 0. The minimum absolute atomic E-state index is 0.155. The summed E-state index contributed by atoms with van der Waals surface area (Å²) in [5, 5.41) is 0. The number of ether oxygens (including phenoxy) is 1. The Morgan fingerprint density at radius 3 is 2.35 bits per heavy atom. The van der Waals surface area contributed by atoms with E-state index in [0.717, 1.165) is 11.1 Å². The molecule has 0 fully saturated rings. The van der Waals surface area contributed by atoms with Crippen molar-refractivity contribution in [1.29, 1.82) is 0 Å². The van der Waals surface area contributed by atoms with Crippen molar-refractivity contribution in [2.24, 2.45) is 0 Å².